The zero-order valence-corrected chi connectivity index (χ0v) is 16.3. The van der Waals surface area contributed by atoms with Crippen LogP contribution >= 0.6 is 11.8 Å². The lowest BCUT2D eigenvalue weighted by atomic mass is 10.0. The first-order valence-electron chi connectivity index (χ1n) is 9.66. The van der Waals surface area contributed by atoms with Gasteiger partial charge in [0.15, 0.2) is 0 Å². The van der Waals surface area contributed by atoms with Gasteiger partial charge in [0.1, 0.15) is 0 Å². The Balaban J connectivity index is 1.49. The van der Waals surface area contributed by atoms with Gasteiger partial charge in [0.2, 0.25) is 5.91 Å². The summed E-state index contributed by atoms with van der Waals surface area (Å²) in [6.07, 6.45) is 4.75. The van der Waals surface area contributed by atoms with Gasteiger partial charge < -0.3 is 10.2 Å². The van der Waals surface area contributed by atoms with Crippen LogP contribution in [0.4, 0.5) is 5.69 Å². The van der Waals surface area contributed by atoms with Crippen LogP contribution in [-0.2, 0) is 4.79 Å². The molecule has 0 bridgehead atoms. The molecule has 1 aromatic carbocycles. The molecule has 0 unspecified atom stereocenters. The Kier molecular flexibility index (Phi) is 4.97. The van der Waals surface area contributed by atoms with E-state index in [1.54, 1.807) is 0 Å². The third-order valence-corrected chi connectivity index (χ3v) is 7.06. The van der Waals surface area contributed by atoms with Gasteiger partial charge in [-0.05, 0) is 57.7 Å². The van der Waals surface area contributed by atoms with Crippen molar-refractivity contribution in [3.8, 4) is 0 Å². The minimum atomic E-state index is 0.00199. The minimum absolute atomic E-state index is 0.00199. The van der Waals surface area contributed by atoms with Crippen molar-refractivity contribution in [2.24, 2.45) is 0 Å². The summed E-state index contributed by atoms with van der Waals surface area (Å²) in [5.74, 6) is 0.532. The third kappa shape index (κ3) is 3.37. The van der Waals surface area contributed by atoms with E-state index in [9.17, 15) is 9.59 Å². The molecule has 0 aromatic heterocycles. The molecule has 2 saturated heterocycles. The van der Waals surface area contributed by atoms with Gasteiger partial charge in [-0.15, -0.1) is 11.8 Å². The third-order valence-electron chi connectivity index (χ3n) is 5.98. The summed E-state index contributed by atoms with van der Waals surface area (Å²) in [5, 5.41) is 2.88. The zero-order valence-electron chi connectivity index (χ0n) is 15.5. The van der Waals surface area contributed by atoms with Crippen molar-refractivity contribution in [3.05, 3.63) is 23.8 Å². The van der Waals surface area contributed by atoms with Crippen molar-refractivity contribution in [1.82, 2.24) is 9.80 Å². The molecule has 0 aliphatic carbocycles. The molecular formula is C20H27N3O2S. The average Bonchev–Trinajstić information content (AvgIpc) is 2.99. The van der Waals surface area contributed by atoms with Crippen LogP contribution < -0.4 is 5.32 Å². The molecular weight excluding hydrogens is 346 g/mol. The fraction of sp³-hybridized carbons (Fsp3) is 0.600. The van der Waals surface area contributed by atoms with Gasteiger partial charge in [-0.1, -0.05) is 0 Å². The number of amides is 2. The first-order chi connectivity index (χ1) is 12.5. The Hall–Kier alpha value is -1.53. The van der Waals surface area contributed by atoms with E-state index in [1.807, 2.05) is 23.1 Å². The summed E-state index contributed by atoms with van der Waals surface area (Å²) >= 11 is 1.53. The fourth-order valence-electron chi connectivity index (χ4n) is 4.72. The maximum atomic E-state index is 13.1. The van der Waals surface area contributed by atoms with Crippen molar-refractivity contribution >= 4 is 29.3 Å². The molecule has 1 aromatic rings. The highest BCUT2D eigenvalue weighted by atomic mass is 32.2. The molecule has 2 fully saturated rings. The maximum Gasteiger partial charge on any atom is 0.253 e. The van der Waals surface area contributed by atoms with Crippen LogP contribution in [0.1, 0.15) is 49.9 Å². The van der Waals surface area contributed by atoms with Crippen LogP contribution in [-0.4, -0.2) is 58.6 Å². The van der Waals surface area contributed by atoms with Gasteiger partial charge in [-0.25, -0.2) is 0 Å². The number of carbonyl (C=O) groups is 2. The van der Waals surface area contributed by atoms with Crippen molar-refractivity contribution in [2.45, 2.75) is 62.6 Å². The number of hydrogen-bond donors (Lipinski definition) is 1. The van der Waals surface area contributed by atoms with Gasteiger partial charge in [0, 0.05) is 41.7 Å². The van der Waals surface area contributed by atoms with Crippen LogP contribution in [0, 0.1) is 0 Å². The first kappa shape index (κ1) is 17.9. The Morgan fingerprint density at radius 1 is 1.19 bits per heavy atom. The number of likely N-dealkylation sites (tertiary alicyclic amines) is 2. The van der Waals surface area contributed by atoms with E-state index < -0.39 is 0 Å². The van der Waals surface area contributed by atoms with E-state index in [1.165, 1.54) is 31.0 Å². The van der Waals surface area contributed by atoms with Crippen LogP contribution in [0.15, 0.2) is 23.1 Å². The average molecular weight is 374 g/mol. The summed E-state index contributed by atoms with van der Waals surface area (Å²) in [4.78, 5) is 30.4. The highest BCUT2D eigenvalue weighted by Gasteiger charge is 2.36. The molecule has 3 heterocycles. The van der Waals surface area contributed by atoms with Gasteiger partial charge in [-0.3, -0.25) is 14.5 Å². The second kappa shape index (κ2) is 7.24. The lowest BCUT2D eigenvalue weighted by Gasteiger charge is -2.41. The number of carbonyl (C=O) groups excluding carboxylic acids is 2. The highest BCUT2D eigenvalue weighted by molar-refractivity contribution is 8.00. The summed E-state index contributed by atoms with van der Waals surface area (Å²) in [6, 6.07) is 7.39. The van der Waals surface area contributed by atoms with Gasteiger partial charge in [0.05, 0.1) is 11.4 Å². The van der Waals surface area contributed by atoms with E-state index >= 15 is 0 Å². The highest BCUT2D eigenvalue weighted by Crippen LogP contribution is 2.33. The molecule has 3 atom stereocenters. The summed E-state index contributed by atoms with van der Waals surface area (Å²) < 4.78 is 0. The molecule has 0 saturated carbocycles. The Bertz CT molecular complexity index is 713. The standard InChI is InChI=1S/C20H27N3O2S/c1-13-5-6-14(2)23(13)16-4-3-9-22(11-16)20(25)15-7-8-18-17(10-15)21-19(24)12-26-18/h7-8,10,13-14,16H,3-6,9,11-12H2,1-2H3,(H,21,24)/t13-,14+,16-/m1/s1. The van der Waals surface area contributed by atoms with E-state index in [0.717, 1.165) is 30.1 Å². The van der Waals surface area contributed by atoms with Gasteiger partial charge >= 0.3 is 0 Å². The van der Waals surface area contributed by atoms with Crippen LogP contribution in [0.2, 0.25) is 0 Å². The van der Waals surface area contributed by atoms with Crippen molar-refractivity contribution in [3.63, 3.8) is 0 Å². The predicted octanol–water partition coefficient (Wildman–Crippen LogP) is 3.21. The molecule has 5 nitrogen and oxygen atoms in total. The smallest absolute Gasteiger partial charge is 0.253 e. The fourth-order valence-corrected chi connectivity index (χ4v) is 5.50. The lowest BCUT2D eigenvalue weighted by Crippen LogP contribution is -2.52. The monoisotopic (exact) mass is 373 g/mol. The topological polar surface area (TPSA) is 52.6 Å². The molecule has 140 valence electrons. The molecule has 26 heavy (non-hydrogen) atoms. The van der Waals surface area contributed by atoms with Gasteiger partial charge in [-0.2, -0.15) is 0 Å². The number of rotatable bonds is 2. The van der Waals surface area contributed by atoms with Crippen molar-refractivity contribution in [1.29, 1.82) is 0 Å². The molecule has 0 radical (unpaired) electrons. The Morgan fingerprint density at radius 3 is 2.73 bits per heavy atom. The Labute approximate surface area is 159 Å². The molecule has 4 rings (SSSR count). The van der Waals surface area contributed by atoms with E-state index in [2.05, 4.69) is 24.1 Å². The SMILES string of the molecule is C[C@@H]1CC[C@H](C)N1[C@@H]1CCCN(C(=O)c2ccc3c(c2)NC(=O)CS3)C1. The molecule has 3 aliphatic heterocycles. The number of benzene rings is 1. The number of nitrogens with zero attached hydrogens (tertiary/aromatic N) is 2. The minimum Gasteiger partial charge on any atom is -0.337 e. The van der Waals surface area contributed by atoms with Crippen LogP contribution in [0.25, 0.3) is 0 Å². The maximum absolute atomic E-state index is 13.1. The van der Waals surface area contributed by atoms with E-state index in [0.29, 0.717) is 29.4 Å². The van der Waals surface area contributed by atoms with Crippen molar-refractivity contribution in [2.75, 3.05) is 24.2 Å². The number of anilines is 1. The summed E-state index contributed by atoms with van der Waals surface area (Å²) in [7, 11) is 0. The molecule has 0 spiro atoms. The van der Waals surface area contributed by atoms with E-state index in [4.69, 9.17) is 0 Å². The number of piperidine rings is 1. The lowest BCUT2D eigenvalue weighted by molar-refractivity contribution is -0.113. The molecule has 2 amide bonds. The molecule has 1 N–H and O–H groups in total. The quantitative estimate of drug-likeness (QED) is 0.865. The van der Waals surface area contributed by atoms with Crippen LogP contribution in [0.3, 0.4) is 0 Å². The number of fused-ring (bicyclic) bond motifs is 1. The normalized spacial score (nSPS) is 29.4. The predicted molar refractivity (Wildman–Crippen MR) is 105 cm³/mol. The second-order valence-corrected chi connectivity index (χ2v) is 8.83. The van der Waals surface area contributed by atoms with Crippen molar-refractivity contribution < 1.29 is 9.59 Å². The van der Waals surface area contributed by atoms with E-state index in [-0.39, 0.29) is 11.8 Å². The second-order valence-electron chi connectivity index (χ2n) is 7.82. The largest absolute Gasteiger partial charge is 0.337 e. The summed E-state index contributed by atoms with van der Waals surface area (Å²) in [5.41, 5.74) is 1.45. The zero-order chi connectivity index (χ0) is 18.3. The number of thioether (sulfide) groups is 1. The Morgan fingerprint density at radius 2 is 1.96 bits per heavy atom. The molecule has 6 heteroatoms. The summed E-state index contributed by atoms with van der Waals surface area (Å²) in [6.45, 7) is 6.26. The van der Waals surface area contributed by atoms with Gasteiger partial charge in [0.25, 0.3) is 5.91 Å². The van der Waals surface area contributed by atoms with Crippen LogP contribution in [0.5, 0.6) is 0 Å². The number of hydrogen-bond acceptors (Lipinski definition) is 4. The molecule has 3 aliphatic rings. The first-order valence-corrected chi connectivity index (χ1v) is 10.6. The number of nitrogens with one attached hydrogen (secondary N) is 1.